The molecular formula is C28H32Cl2N2O5. The molecule has 1 amide bonds. The van der Waals surface area contributed by atoms with E-state index in [-0.39, 0.29) is 17.4 Å². The van der Waals surface area contributed by atoms with Crippen LogP contribution in [0.5, 0.6) is 5.75 Å². The average Bonchev–Trinajstić information content (AvgIpc) is 3.12. The van der Waals surface area contributed by atoms with E-state index >= 15 is 0 Å². The normalized spacial score (nSPS) is 20.2. The second kappa shape index (κ2) is 11.9. The minimum atomic E-state index is -0.786. The van der Waals surface area contributed by atoms with E-state index in [1.165, 1.54) is 4.90 Å². The predicted molar refractivity (Wildman–Crippen MR) is 144 cm³/mol. The van der Waals surface area contributed by atoms with Crippen LogP contribution >= 0.6 is 23.2 Å². The number of morpholine rings is 1. The molecule has 0 saturated carbocycles. The van der Waals surface area contributed by atoms with Crippen molar-refractivity contribution in [2.45, 2.75) is 39.3 Å². The van der Waals surface area contributed by atoms with E-state index in [0.29, 0.717) is 53.1 Å². The van der Waals surface area contributed by atoms with Gasteiger partial charge in [-0.2, -0.15) is 0 Å². The van der Waals surface area contributed by atoms with Crippen molar-refractivity contribution in [2.24, 2.45) is 0 Å². The number of carbonyl (C=O) groups excluding carboxylic acids is 2. The molecule has 2 heterocycles. The van der Waals surface area contributed by atoms with Crippen LogP contribution in [0.15, 0.2) is 42.0 Å². The number of ketones is 1. The summed E-state index contributed by atoms with van der Waals surface area (Å²) < 4.78 is 11.2. The molecule has 2 saturated heterocycles. The highest BCUT2D eigenvalue weighted by atomic mass is 35.5. The first-order valence-electron chi connectivity index (χ1n) is 12.5. The van der Waals surface area contributed by atoms with Crippen LogP contribution in [0.2, 0.25) is 10.0 Å². The Morgan fingerprint density at radius 3 is 2.46 bits per heavy atom. The van der Waals surface area contributed by atoms with Crippen LogP contribution in [0.3, 0.4) is 0 Å². The zero-order valence-electron chi connectivity index (χ0n) is 21.3. The van der Waals surface area contributed by atoms with Crippen LogP contribution in [0.4, 0.5) is 0 Å². The third-order valence-electron chi connectivity index (χ3n) is 6.59. The van der Waals surface area contributed by atoms with Gasteiger partial charge in [0.15, 0.2) is 0 Å². The number of hydrogen-bond acceptors (Lipinski definition) is 6. The van der Waals surface area contributed by atoms with E-state index in [0.717, 1.165) is 25.2 Å². The Balaban J connectivity index is 1.70. The molecule has 0 bridgehead atoms. The number of Topliss-reactive ketones (excluding diaryl/α,β-unsaturated/α-hetero) is 1. The van der Waals surface area contributed by atoms with Gasteiger partial charge in [0.25, 0.3) is 11.7 Å². The maximum absolute atomic E-state index is 13.3. The molecular weight excluding hydrogens is 515 g/mol. The van der Waals surface area contributed by atoms with Crippen molar-refractivity contribution in [3.8, 4) is 5.75 Å². The van der Waals surface area contributed by atoms with E-state index in [4.69, 9.17) is 32.7 Å². The summed E-state index contributed by atoms with van der Waals surface area (Å²) in [4.78, 5) is 30.3. The van der Waals surface area contributed by atoms with Crippen LogP contribution < -0.4 is 4.74 Å². The number of aliphatic hydroxyl groups excluding tert-OH is 1. The number of aryl methyl sites for hydroxylation is 1. The monoisotopic (exact) mass is 546 g/mol. The molecule has 2 fully saturated rings. The lowest BCUT2D eigenvalue weighted by atomic mass is 9.94. The minimum absolute atomic E-state index is 0.00409. The van der Waals surface area contributed by atoms with Gasteiger partial charge in [0.2, 0.25) is 0 Å². The van der Waals surface area contributed by atoms with E-state index in [1.807, 2.05) is 20.8 Å². The van der Waals surface area contributed by atoms with Crippen LogP contribution in [-0.2, 0) is 14.3 Å². The number of nitrogens with zero attached hydrogens (tertiary/aromatic N) is 2. The fraction of sp³-hybridized carbons (Fsp3) is 0.429. The van der Waals surface area contributed by atoms with Crippen molar-refractivity contribution in [3.05, 3.63) is 68.7 Å². The highest BCUT2D eigenvalue weighted by Gasteiger charge is 2.46. The molecule has 9 heteroatoms. The van der Waals surface area contributed by atoms with E-state index < -0.39 is 17.7 Å². The molecule has 2 aromatic carbocycles. The molecule has 2 aliphatic rings. The Kier molecular flexibility index (Phi) is 8.80. The molecule has 4 rings (SSSR count). The highest BCUT2D eigenvalue weighted by molar-refractivity contribution is 6.46. The molecule has 0 aliphatic carbocycles. The molecule has 7 nitrogen and oxygen atoms in total. The number of amides is 1. The molecule has 1 N–H and O–H groups in total. The number of carbonyl (C=O) groups is 2. The maximum atomic E-state index is 13.3. The minimum Gasteiger partial charge on any atom is -0.507 e. The molecule has 2 aromatic rings. The predicted octanol–water partition coefficient (Wildman–Crippen LogP) is 5.23. The Bertz CT molecular complexity index is 1210. The zero-order valence-corrected chi connectivity index (χ0v) is 22.8. The van der Waals surface area contributed by atoms with E-state index in [2.05, 4.69) is 4.90 Å². The lowest BCUT2D eigenvalue weighted by Gasteiger charge is -2.29. The van der Waals surface area contributed by atoms with Gasteiger partial charge >= 0.3 is 0 Å². The smallest absolute Gasteiger partial charge is 0.295 e. The summed E-state index contributed by atoms with van der Waals surface area (Å²) in [5.41, 5.74) is 1.89. The summed E-state index contributed by atoms with van der Waals surface area (Å²) >= 11 is 12.5. The van der Waals surface area contributed by atoms with Gasteiger partial charge in [0.1, 0.15) is 11.5 Å². The van der Waals surface area contributed by atoms with Gasteiger partial charge < -0.3 is 19.5 Å². The van der Waals surface area contributed by atoms with Crippen molar-refractivity contribution in [1.29, 1.82) is 0 Å². The van der Waals surface area contributed by atoms with Crippen LogP contribution in [0, 0.1) is 6.92 Å². The van der Waals surface area contributed by atoms with Gasteiger partial charge in [-0.15, -0.1) is 0 Å². The molecule has 198 valence electrons. The molecule has 1 atom stereocenters. The van der Waals surface area contributed by atoms with Crippen molar-refractivity contribution in [3.63, 3.8) is 0 Å². The maximum Gasteiger partial charge on any atom is 0.295 e. The second-order valence-corrected chi connectivity index (χ2v) is 10.4. The summed E-state index contributed by atoms with van der Waals surface area (Å²) in [7, 11) is 0. The Morgan fingerprint density at radius 1 is 1.08 bits per heavy atom. The number of benzene rings is 2. The third kappa shape index (κ3) is 6.12. The first-order chi connectivity index (χ1) is 17.7. The number of ether oxygens (including phenoxy) is 2. The number of rotatable bonds is 8. The molecule has 0 aromatic heterocycles. The molecule has 0 unspecified atom stereocenters. The van der Waals surface area contributed by atoms with Crippen LogP contribution in [0.1, 0.15) is 43.0 Å². The van der Waals surface area contributed by atoms with Crippen molar-refractivity contribution >= 4 is 40.7 Å². The average molecular weight is 547 g/mol. The van der Waals surface area contributed by atoms with Crippen LogP contribution in [-0.4, -0.2) is 72.1 Å². The van der Waals surface area contributed by atoms with E-state index in [1.54, 1.807) is 36.4 Å². The van der Waals surface area contributed by atoms with Crippen molar-refractivity contribution in [1.82, 2.24) is 9.80 Å². The van der Waals surface area contributed by atoms with Gasteiger partial charge in [-0.3, -0.25) is 14.5 Å². The van der Waals surface area contributed by atoms with Crippen molar-refractivity contribution < 1.29 is 24.2 Å². The lowest BCUT2D eigenvalue weighted by Crippen LogP contribution is -2.38. The number of halogens is 2. The second-order valence-electron chi connectivity index (χ2n) is 9.62. The topological polar surface area (TPSA) is 79.3 Å². The largest absolute Gasteiger partial charge is 0.507 e. The lowest BCUT2D eigenvalue weighted by molar-refractivity contribution is -0.140. The van der Waals surface area contributed by atoms with Crippen molar-refractivity contribution in [2.75, 3.05) is 39.4 Å². The third-order valence-corrected chi connectivity index (χ3v) is 7.33. The first kappa shape index (κ1) is 27.5. The Hall–Kier alpha value is -2.58. The number of likely N-dealkylation sites (tertiary alicyclic amines) is 1. The SMILES string of the molecule is Cc1cc(/C(O)=C2\C(=O)C(=O)N(CCCN3CCOCC3)[C@@H]2c2ccc(Cl)c(Cl)c2)ccc1OC(C)C. The quantitative estimate of drug-likeness (QED) is 0.277. The van der Waals surface area contributed by atoms with Crippen LogP contribution in [0.25, 0.3) is 5.76 Å². The molecule has 0 radical (unpaired) electrons. The van der Waals surface area contributed by atoms with Gasteiger partial charge in [-0.1, -0.05) is 29.3 Å². The van der Waals surface area contributed by atoms with Gasteiger partial charge in [0, 0.05) is 31.7 Å². The standard InChI is InChI=1S/C28H32Cl2N2O5/c1-17(2)37-23-8-6-20(15-18(23)3)26(33)24-25(19-5-7-21(29)22(30)16-19)32(28(35)27(24)34)10-4-9-31-11-13-36-14-12-31/h5-8,15-17,25,33H,4,9-14H2,1-3H3/b26-24+/t25-/m1/s1. The summed E-state index contributed by atoms with van der Waals surface area (Å²) in [6, 6.07) is 9.44. The Morgan fingerprint density at radius 2 is 1.81 bits per heavy atom. The summed E-state index contributed by atoms with van der Waals surface area (Å²) in [5.74, 6) is -0.906. The number of aliphatic hydroxyl groups is 1. The Labute approximate surface area is 227 Å². The van der Waals surface area contributed by atoms with Gasteiger partial charge in [-0.25, -0.2) is 0 Å². The zero-order chi connectivity index (χ0) is 26.7. The number of hydrogen-bond donors (Lipinski definition) is 1. The highest BCUT2D eigenvalue weighted by Crippen LogP contribution is 2.41. The fourth-order valence-corrected chi connectivity index (χ4v) is 5.07. The molecule has 0 spiro atoms. The molecule has 2 aliphatic heterocycles. The fourth-order valence-electron chi connectivity index (χ4n) is 4.77. The molecule has 37 heavy (non-hydrogen) atoms. The van der Waals surface area contributed by atoms with E-state index in [9.17, 15) is 14.7 Å². The summed E-state index contributed by atoms with van der Waals surface area (Å²) in [6.45, 7) is 9.92. The summed E-state index contributed by atoms with van der Waals surface area (Å²) in [5, 5.41) is 12.0. The van der Waals surface area contributed by atoms with Gasteiger partial charge in [0.05, 0.1) is 41.0 Å². The van der Waals surface area contributed by atoms with Gasteiger partial charge in [-0.05, 0) is 68.7 Å². The summed E-state index contributed by atoms with van der Waals surface area (Å²) in [6.07, 6.45) is 0.668. The first-order valence-corrected chi connectivity index (χ1v) is 13.2.